The molecule has 1 aromatic heterocycles. The maximum Gasteiger partial charge on any atom is 0.408 e. The average Bonchev–Trinajstić information content (AvgIpc) is 2.31. The number of halogens is 4. The minimum Gasteiger partial charge on any atom is -0.382 e. The third-order valence-electron chi connectivity index (χ3n) is 2.18. The Bertz CT molecular complexity index is 511. The average molecular weight is 340 g/mol. The molecule has 0 bridgehead atoms. The molecule has 4 nitrogen and oxygen atoms in total. The van der Waals surface area contributed by atoms with Crippen LogP contribution in [0.3, 0.4) is 0 Å². The fourth-order valence-electron chi connectivity index (χ4n) is 1.33. The van der Waals surface area contributed by atoms with Gasteiger partial charge in [0.2, 0.25) is 0 Å². The summed E-state index contributed by atoms with van der Waals surface area (Å²) >= 11 is 2.99. The predicted molar refractivity (Wildman–Crippen MR) is 70.2 cm³/mol. The first-order valence-corrected chi connectivity index (χ1v) is 6.32. The monoisotopic (exact) mass is 339 g/mol. The van der Waals surface area contributed by atoms with Crippen LogP contribution in [0.15, 0.2) is 27.6 Å². The van der Waals surface area contributed by atoms with E-state index < -0.39 is 18.3 Å². The fraction of sp³-hybridized carbons (Fsp3) is 0.455. The highest BCUT2D eigenvalue weighted by atomic mass is 79.9. The Morgan fingerprint density at radius 1 is 1.53 bits per heavy atom. The molecule has 19 heavy (non-hydrogen) atoms. The molecule has 0 aromatic carbocycles. The van der Waals surface area contributed by atoms with Gasteiger partial charge in [-0.15, -0.1) is 0 Å². The first kappa shape index (κ1) is 15.7. The van der Waals surface area contributed by atoms with E-state index in [1.807, 2.05) is 19.1 Å². The van der Waals surface area contributed by atoms with Crippen LogP contribution in [0.25, 0.3) is 0 Å². The van der Waals surface area contributed by atoms with Crippen molar-refractivity contribution in [1.82, 2.24) is 9.78 Å². The van der Waals surface area contributed by atoms with Crippen molar-refractivity contribution in [2.24, 2.45) is 0 Å². The fourth-order valence-corrected chi connectivity index (χ4v) is 1.77. The van der Waals surface area contributed by atoms with Crippen molar-refractivity contribution in [2.45, 2.75) is 26.1 Å². The smallest absolute Gasteiger partial charge is 0.382 e. The number of allylic oxidation sites excluding steroid dienone is 1. The van der Waals surface area contributed by atoms with E-state index in [1.54, 1.807) is 0 Å². The molecular weight excluding hydrogens is 327 g/mol. The highest BCUT2D eigenvalue weighted by Crippen LogP contribution is 2.19. The molecule has 0 radical (unpaired) electrons. The van der Waals surface area contributed by atoms with E-state index in [0.717, 1.165) is 6.42 Å². The van der Waals surface area contributed by atoms with Crippen LogP contribution in [0.2, 0.25) is 0 Å². The minimum absolute atomic E-state index is 0.0484. The Labute approximate surface area is 116 Å². The Morgan fingerprint density at radius 3 is 2.79 bits per heavy atom. The second-order valence-electron chi connectivity index (χ2n) is 3.73. The van der Waals surface area contributed by atoms with Gasteiger partial charge in [-0.3, -0.25) is 4.79 Å². The summed E-state index contributed by atoms with van der Waals surface area (Å²) in [6.07, 6.45) is 1.29. The normalized spacial score (nSPS) is 12.1. The molecule has 0 atom stereocenters. The zero-order valence-corrected chi connectivity index (χ0v) is 11.8. The summed E-state index contributed by atoms with van der Waals surface area (Å²) in [6.45, 7) is 1.05. The van der Waals surface area contributed by atoms with E-state index in [9.17, 15) is 18.0 Å². The van der Waals surface area contributed by atoms with Gasteiger partial charge in [-0.05, 0) is 29.3 Å². The first-order chi connectivity index (χ1) is 8.85. The second kappa shape index (κ2) is 6.74. The molecule has 1 aromatic rings. The first-order valence-electron chi connectivity index (χ1n) is 5.52. The van der Waals surface area contributed by atoms with Crippen molar-refractivity contribution < 1.29 is 13.2 Å². The SMILES string of the molecule is C/C=C/CCNc1cnn(CC(F)(F)F)c(=O)c1Br. The molecule has 0 unspecified atom stereocenters. The molecule has 0 aliphatic carbocycles. The van der Waals surface area contributed by atoms with Crippen molar-refractivity contribution in [3.63, 3.8) is 0 Å². The van der Waals surface area contributed by atoms with Gasteiger partial charge < -0.3 is 5.32 Å². The highest BCUT2D eigenvalue weighted by molar-refractivity contribution is 9.10. The molecule has 0 amide bonds. The molecule has 1 heterocycles. The standard InChI is InChI=1S/C11H13BrF3N3O/c1-2-3-4-5-16-8-6-17-18(7-11(13,14)15)10(19)9(8)12/h2-3,6,16H,4-5,7H2,1H3/b3-2+. The van der Waals surface area contributed by atoms with Crippen LogP contribution < -0.4 is 10.9 Å². The van der Waals surface area contributed by atoms with Gasteiger partial charge in [0.25, 0.3) is 5.56 Å². The number of hydrogen-bond donors (Lipinski definition) is 1. The highest BCUT2D eigenvalue weighted by Gasteiger charge is 2.29. The van der Waals surface area contributed by atoms with E-state index >= 15 is 0 Å². The lowest BCUT2D eigenvalue weighted by Gasteiger charge is -2.11. The summed E-state index contributed by atoms with van der Waals surface area (Å²) < 4.78 is 37.0. The molecular formula is C11H13BrF3N3O. The van der Waals surface area contributed by atoms with Crippen molar-refractivity contribution in [1.29, 1.82) is 0 Å². The van der Waals surface area contributed by atoms with E-state index in [0.29, 0.717) is 16.9 Å². The van der Waals surface area contributed by atoms with Crippen molar-refractivity contribution in [3.8, 4) is 0 Å². The molecule has 0 aliphatic heterocycles. The van der Waals surface area contributed by atoms with Gasteiger partial charge in [0, 0.05) is 6.54 Å². The van der Waals surface area contributed by atoms with E-state index in [1.165, 1.54) is 6.20 Å². The molecule has 1 rings (SSSR count). The predicted octanol–water partition coefficient (Wildman–Crippen LogP) is 2.95. The number of hydrogen-bond acceptors (Lipinski definition) is 3. The van der Waals surface area contributed by atoms with Gasteiger partial charge in [-0.1, -0.05) is 12.2 Å². The van der Waals surface area contributed by atoms with Crippen molar-refractivity contribution in [3.05, 3.63) is 33.2 Å². The lowest BCUT2D eigenvalue weighted by molar-refractivity contribution is -0.143. The van der Waals surface area contributed by atoms with Crippen LogP contribution >= 0.6 is 15.9 Å². The van der Waals surface area contributed by atoms with Crippen LogP contribution in [-0.2, 0) is 6.54 Å². The Hall–Kier alpha value is -1.31. The number of nitrogens with one attached hydrogen (secondary N) is 1. The molecule has 0 saturated heterocycles. The van der Waals surface area contributed by atoms with Crippen LogP contribution in [0, 0.1) is 0 Å². The topological polar surface area (TPSA) is 46.9 Å². The van der Waals surface area contributed by atoms with Gasteiger partial charge in [0.05, 0.1) is 11.9 Å². The van der Waals surface area contributed by atoms with Crippen LogP contribution in [-0.4, -0.2) is 22.5 Å². The molecule has 8 heteroatoms. The van der Waals surface area contributed by atoms with Gasteiger partial charge >= 0.3 is 6.18 Å². The number of rotatable bonds is 5. The molecule has 0 saturated carbocycles. The van der Waals surface area contributed by atoms with Crippen LogP contribution in [0.1, 0.15) is 13.3 Å². The zero-order valence-electron chi connectivity index (χ0n) is 10.2. The van der Waals surface area contributed by atoms with Gasteiger partial charge in [-0.25, -0.2) is 4.68 Å². The summed E-state index contributed by atoms with van der Waals surface area (Å²) in [7, 11) is 0. The zero-order chi connectivity index (χ0) is 14.5. The molecule has 0 spiro atoms. The Kier molecular flexibility index (Phi) is 5.59. The maximum atomic E-state index is 12.2. The summed E-state index contributed by atoms with van der Waals surface area (Å²) in [5, 5.41) is 6.42. The maximum absolute atomic E-state index is 12.2. The summed E-state index contributed by atoms with van der Waals surface area (Å²) in [6, 6.07) is 0. The van der Waals surface area contributed by atoms with Crippen molar-refractivity contribution >= 4 is 21.6 Å². The lowest BCUT2D eigenvalue weighted by atomic mass is 10.3. The molecule has 106 valence electrons. The Morgan fingerprint density at radius 2 is 2.21 bits per heavy atom. The van der Waals surface area contributed by atoms with Gasteiger partial charge in [0.1, 0.15) is 11.0 Å². The van der Waals surface area contributed by atoms with E-state index in [4.69, 9.17) is 0 Å². The van der Waals surface area contributed by atoms with E-state index in [-0.39, 0.29) is 4.47 Å². The minimum atomic E-state index is -4.48. The van der Waals surface area contributed by atoms with Crippen LogP contribution in [0.5, 0.6) is 0 Å². The number of anilines is 1. The van der Waals surface area contributed by atoms with Gasteiger partial charge in [0.15, 0.2) is 0 Å². The van der Waals surface area contributed by atoms with Crippen molar-refractivity contribution in [2.75, 3.05) is 11.9 Å². The Balaban J connectivity index is 2.83. The molecule has 0 fully saturated rings. The summed E-state index contributed by atoms with van der Waals surface area (Å²) in [5.74, 6) is 0. The second-order valence-corrected chi connectivity index (χ2v) is 4.53. The molecule has 0 aliphatic rings. The van der Waals surface area contributed by atoms with E-state index in [2.05, 4.69) is 26.3 Å². The summed E-state index contributed by atoms with van der Waals surface area (Å²) in [5.41, 5.74) is -0.429. The lowest BCUT2D eigenvalue weighted by Crippen LogP contribution is -2.31. The summed E-state index contributed by atoms with van der Waals surface area (Å²) in [4.78, 5) is 11.7. The largest absolute Gasteiger partial charge is 0.408 e. The quantitative estimate of drug-likeness (QED) is 0.662. The third-order valence-corrected chi connectivity index (χ3v) is 2.94. The van der Waals surface area contributed by atoms with Crippen LogP contribution in [0.4, 0.5) is 18.9 Å². The number of alkyl halides is 3. The third kappa shape index (κ3) is 5.06. The molecule has 1 N–H and O–H groups in total. The van der Waals surface area contributed by atoms with Gasteiger partial charge in [-0.2, -0.15) is 18.3 Å². The number of aromatic nitrogens is 2. The number of nitrogens with zero attached hydrogens (tertiary/aromatic N) is 2.